The molecule has 2 amide bonds. The number of halogens is 3. The number of hydrogen-bond acceptors (Lipinski definition) is 5. The summed E-state index contributed by atoms with van der Waals surface area (Å²) in [5.74, 6) is 0.553. The van der Waals surface area contributed by atoms with Crippen LogP contribution in [0.3, 0.4) is 0 Å². The van der Waals surface area contributed by atoms with Gasteiger partial charge >= 0.3 is 12.2 Å². The Labute approximate surface area is 182 Å². The van der Waals surface area contributed by atoms with Crippen LogP contribution in [0.25, 0.3) is 10.9 Å². The first-order valence-corrected chi connectivity index (χ1v) is 10.4. The van der Waals surface area contributed by atoms with Crippen LogP contribution in [0.4, 0.5) is 35.2 Å². The molecule has 11 heteroatoms. The van der Waals surface area contributed by atoms with Crippen molar-refractivity contribution in [1.82, 2.24) is 20.1 Å². The van der Waals surface area contributed by atoms with Gasteiger partial charge in [0, 0.05) is 74.5 Å². The fourth-order valence-corrected chi connectivity index (χ4v) is 4.41. The number of hydrogen-bond donors (Lipinski definition) is 2. The van der Waals surface area contributed by atoms with Crippen LogP contribution in [0.5, 0.6) is 0 Å². The van der Waals surface area contributed by atoms with E-state index in [0.29, 0.717) is 24.2 Å². The smallest absolute Gasteiger partial charge is 0.369 e. The molecule has 168 valence electrons. The number of urea groups is 1. The van der Waals surface area contributed by atoms with E-state index in [9.17, 15) is 18.0 Å². The van der Waals surface area contributed by atoms with Gasteiger partial charge in [-0.15, -0.1) is 0 Å². The molecule has 0 radical (unpaired) electrons. The topological polar surface area (TPSA) is 78.3 Å². The van der Waals surface area contributed by atoms with Crippen LogP contribution in [-0.4, -0.2) is 53.5 Å². The predicted molar refractivity (Wildman–Crippen MR) is 115 cm³/mol. The number of piperazine rings is 1. The van der Waals surface area contributed by atoms with Gasteiger partial charge < -0.3 is 15.5 Å². The number of aryl methyl sites for hydroxylation is 1. The Hall–Kier alpha value is -3.34. The molecule has 3 aromatic rings. The van der Waals surface area contributed by atoms with Gasteiger partial charge in [0.1, 0.15) is 11.3 Å². The van der Waals surface area contributed by atoms with Crippen LogP contribution in [-0.2, 0) is 19.6 Å². The van der Waals surface area contributed by atoms with Crippen molar-refractivity contribution >= 4 is 34.1 Å². The maximum absolute atomic E-state index is 13.6. The van der Waals surface area contributed by atoms with Crippen LogP contribution < -0.4 is 20.4 Å². The second-order valence-electron chi connectivity index (χ2n) is 7.96. The van der Waals surface area contributed by atoms with Crippen molar-refractivity contribution in [3.8, 4) is 0 Å². The maximum atomic E-state index is 13.6. The summed E-state index contributed by atoms with van der Waals surface area (Å²) in [7, 11) is 1.56. The van der Waals surface area contributed by atoms with Gasteiger partial charge in [0.25, 0.3) is 0 Å². The Morgan fingerprint density at radius 1 is 1.19 bits per heavy atom. The fourth-order valence-electron chi connectivity index (χ4n) is 4.41. The summed E-state index contributed by atoms with van der Waals surface area (Å²) in [5, 5.41) is 10.2. The number of benzene rings is 1. The zero-order valence-electron chi connectivity index (χ0n) is 17.4. The zero-order chi connectivity index (χ0) is 22.5. The lowest BCUT2D eigenvalue weighted by molar-refractivity contribution is -0.136. The molecule has 0 atom stereocenters. The van der Waals surface area contributed by atoms with Gasteiger partial charge in [0.15, 0.2) is 0 Å². The standard InChI is InChI=1S/C21H22F3N7O/c1-29-12-13-10-14(11-16(18(13)28-29)21(22,23)24)27-20(32)31-7-3-15-17(2-4-26-19(15)31)30-8-5-25-6-9-30/h2,4,10-12,25H,3,5-9H2,1H3,(H,27,32). The van der Waals surface area contributed by atoms with Gasteiger partial charge in [-0.2, -0.15) is 18.3 Å². The van der Waals surface area contributed by atoms with E-state index in [0.717, 1.165) is 43.5 Å². The van der Waals surface area contributed by atoms with Crippen molar-refractivity contribution in [2.45, 2.75) is 12.6 Å². The number of fused-ring (bicyclic) bond motifs is 2. The first-order valence-electron chi connectivity index (χ1n) is 10.4. The largest absolute Gasteiger partial charge is 0.418 e. The van der Waals surface area contributed by atoms with Crippen LogP contribution in [0.1, 0.15) is 11.1 Å². The van der Waals surface area contributed by atoms with Crippen molar-refractivity contribution < 1.29 is 18.0 Å². The SMILES string of the molecule is Cn1cc2cc(NC(=O)N3CCc4c(N5CCNCC5)ccnc43)cc(C(F)(F)F)c2n1. The van der Waals surface area contributed by atoms with Gasteiger partial charge in [-0.25, -0.2) is 9.78 Å². The number of anilines is 3. The Balaban J connectivity index is 1.43. The number of carbonyl (C=O) groups excluding carboxylic acids is 1. The third kappa shape index (κ3) is 3.62. The highest BCUT2D eigenvalue weighted by molar-refractivity contribution is 6.04. The van der Waals surface area contributed by atoms with E-state index in [1.165, 1.54) is 21.8 Å². The van der Waals surface area contributed by atoms with Crippen LogP contribution >= 0.6 is 0 Å². The minimum atomic E-state index is -4.59. The number of nitrogens with zero attached hydrogens (tertiary/aromatic N) is 5. The van der Waals surface area contributed by atoms with Crippen molar-refractivity contribution in [2.75, 3.05) is 47.8 Å². The van der Waals surface area contributed by atoms with Gasteiger partial charge in [-0.05, 0) is 24.6 Å². The molecule has 0 spiro atoms. The van der Waals surface area contributed by atoms with Gasteiger partial charge in [-0.1, -0.05) is 0 Å². The normalized spacial score (nSPS) is 16.5. The molecule has 2 aliphatic rings. The Morgan fingerprint density at radius 2 is 1.97 bits per heavy atom. The molecule has 0 aliphatic carbocycles. The summed E-state index contributed by atoms with van der Waals surface area (Å²) in [5.41, 5.74) is 1.08. The first-order chi connectivity index (χ1) is 15.3. The fraction of sp³-hybridized carbons (Fsp3) is 0.381. The Morgan fingerprint density at radius 3 is 2.72 bits per heavy atom. The molecule has 2 aliphatic heterocycles. The summed E-state index contributed by atoms with van der Waals surface area (Å²) in [6.45, 7) is 3.93. The summed E-state index contributed by atoms with van der Waals surface area (Å²) in [6.07, 6.45) is -0.781. The lowest BCUT2D eigenvalue weighted by Crippen LogP contribution is -2.43. The summed E-state index contributed by atoms with van der Waals surface area (Å²) < 4.78 is 42.0. The predicted octanol–water partition coefficient (Wildman–Crippen LogP) is 2.99. The van der Waals surface area contributed by atoms with Crippen LogP contribution in [0.2, 0.25) is 0 Å². The van der Waals surface area contributed by atoms with E-state index in [-0.39, 0.29) is 11.2 Å². The van der Waals surface area contributed by atoms with Crippen molar-refractivity contribution in [2.24, 2.45) is 7.05 Å². The summed E-state index contributed by atoms with van der Waals surface area (Å²) in [6, 6.07) is 3.87. The molecule has 2 aromatic heterocycles. The molecular formula is C21H22F3N7O. The van der Waals surface area contributed by atoms with Gasteiger partial charge in [0.2, 0.25) is 0 Å². The average molecular weight is 445 g/mol. The maximum Gasteiger partial charge on any atom is 0.418 e. The number of pyridine rings is 1. The second-order valence-corrected chi connectivity index (χ2v) is 7.96. The number of carbonyl (C=O) groups is 1. The third-order valence-electron chi connectivity index (χ3n) is 5.83. The summed E-state index contributed by atoms with van der Waals surface area (Å²) >= 11 is 0. The second kappa shape index (κ2) is 7.66. The first kappa shape index (κ1) is 20.6. The van der Waals surface area contributed by atoms with Crippen molar-refractivity contribution in [1.29, 1.82) is 0 Å². The van der Waals surface area contributed by atoms with Crippen LogP contribution in [0.15, 0.2) is 30.6 Å². The molecule has 8 nitrogen and oxygen atoms in total. The number of amides is 2. The van der Waals surface area contributed by atoms with E-state index in [1.54, 1.807) is 13.2 Å². The number of rotatable bonds is 2. The molecule has 1 aromatic carbocycles. The number of nitrogens with one attached hydrogen (secondary N) is 2. The van der Waals surface area contributed by atoms with E-state index in [1.807, 2.05) is 6.07 Å². The van der Waals surface area contributed by atoms with Crippen molar-refractivity contribution in [3.63, 3.8) is 0 Å². The minimum absolute atomic E-state index is 0.0644. The highest BCUT2D eigenvalue weighted by Gasteiger charge is 2.35. The number of alkyl halides is 3. The zero-order valence-corrected chi connectivity index (χ0v) is 17.4. The van der Waals surface area contributed by atoms with Crippen LogP contribution in [0, 0.1) is 0 Å². The highest BCUT2D eigenvalue weighted by atomic mass is 19.4. The van der Waals surface area contributed by atoms with E-state index >= 15 is 0 Å². The molecule has 1 saturated heterocycles. The van der Waals surface area contributed by atoms with Gasteiger partial charge in [0.05, 0.1) is 5.56 Å². The molecule has 0 saturated carbocycles. The molecule has 5 rings (SSSR count). The quantitative estimate of drug-likeness (QED) is 0.634. The molecule has 32 heavy (non-hydrogen) atoms. The molecule has 2 N–H and O–H groups in total. The average Bonchev–Trinajstić information content (AvgIpc) is 3.35. The lowest BCUT2D eigenvalue weighted by atomic mass is 10.1. The van der Waals surface area contributed by atoms with Crippen molar-refractivity contribution in [3.05, 3.63) is 41.7 Å². The Kier molecular flexibility index (Phi) is 4.92. The molecule has 4 heterocycles. The lowest BCUT2D eigenvalue weighted by Gasteiger charge is -2.31. The molecule has 1 fully saturated rings. The molecular weight excluding hydrogens is 423 g/mol. The van der Waals surface area contributed by atoms with E-state index in [2.05, 4.69) is 25.6 Å². The molecule has 0 bridgehead atoms. The molecule has 0 unspecified atom stereocenters. The number of aromatic nitrogens is 3. The minimum Gasteiger partial charge on any atom is -0.369 e. The van der Waals surface area contributed by atoms with E-state index < -0.39 is 17.8 Å². The summed E-state index contributed by atoms with van der Waals surface area (Å²) in [4.78, 5) is 21.2. The van der Waals surface area contributed by atoms with E-state index in [4.69, 9.17) is 0 Å². The third-order valence-corrected chi connectivity index (χ3v) is 5.83. The van der Waals surface area contributed by atoms with Gasteiger partial charge in [-0.3, -0.25) is 9.58 Å². The monoisotopic (exact) mass is 445 g/mol. The Bertz CT molecular complexity index is 1180. The highest BCUT2D eigenvalue weighted by Crippen LogP contribution is 2.37.